The van der Waals surface area contributed by atoms with Crippen molar-refractivity contribution in [1.82, 2.24) is 10.3 Å². The molecule has 1 aromatic heterocycles. The molecule has 1 heterocycles. The van der Waals surface area contributed by atoms with Gasteiger partial charge in [-0.2, -0.15) is 0 Å². The highest BCUT2D eigenvalue weighted by Gasteiger charge is 2.14. The third-order valence-corrected chi connectivity index (χ3v) is 2.24. The first-order valence-electron chi connectivity index (χ1n) is 4.74. The standard InChI is InChI=1S/C11H14N2O2/c1-7-4-5-12-6-10(7)11(15)13-8(2)9(3)14/h4-6,8H,1-3H3,(H,13,15). The summed E-state index contributed by atoms with van der Waals surface area (Å²) in [6.07, 6.45) is 3.12. The van der Waals surface area contributed by atoms with Gasteiger partial charge in [-0.15, -0.1) is 0 Å². The average Bonchev–Trinajstić information content (AvgIpc) is 2.18. The molecule has 1 amide bonds. The lowest BCUT2D eigenvalue weighted by molar-refractivity contribution is -0.118. The van der Waals surface area contributed by atoms with E-state index in [0.29, 0.717) is 5.56 Å². The summed E-state index contributed by atoms with van der Waals surface area (Å²) in [7, 11) is 0. The Morgan fingerprint density at radius 3 is 2.67 bits per heavy atom. The van der Waals surface area contributed by atoms with E-state index in [9.17, 15) is 9.59 Å². The van der Waals surface area contributed by atoms with Crippen molar-refractivity contribution >= 4 is 11.7 Å². The van der Waals surface area contributed by atoms with Gasteiger partial charge in [0.2, 0.25) is 0 Å². The van der Waals surface area contributed by atoms with Gasteiger partial charge in [-0.3, -0.25) is 14.6 Å². The molecule has 0 aliphatic rings. The van der Waals surface area contributed by atoms with Crippen molar-refractivity contribution in [1.29, 1.82) is 0 Å². The summed E-state index contributed by atoms with van der Waals surface area (Å²) in [5.41, 5.74) is 1.35. The number of Topliss-reactive ketones (excluding diaryl/α,β-unsaturated/α-hetero) is 1. The lowest BCUT2D eigenvalue weighted by atomic mass is 10.1. The molecule has 0 bridgehead atoms. The van der Waals surface area contributed by atoms with Gasteiger partial charge in [-0.1, -0.05) is 0 Å². The Labute approximate surface area is 88.7 Å². The van der Waals surface area contributed by atoms with Crippen LogP contribution < -0.4 is 5.32 Å². The number of hydrogen-bond acceptors (Lipinski definition) is 3. The zero-order valence-electron chi connectivity index (χ0n) is 9.07. The summed E-state index contributed by atoms with van der Waals surface area (Å²) in [5.74, 6) is -0.326. The fourth-order valence-corrected chi connectivity index (χ4v) is 1.08. The SMILES string of the molecule is CC(=O)C(C)NC(=O)c1cnccc1C. The predicted octanol–water partition coefficient (Wildman–Crippen LogP) is 1.10. The largest absolute Gasteiger partial charge is 0.342 e. The second kappa shape index (κ2) is 4.68. The summed E-state index contributed by atoms with van der Waals surface area (Å²) < 4.78 is 0. The van der Waals surface area contributed by atoms with Crippen LogP contribution in [0.3, 0.4) is 0 Å². The Kier molecular flexibility index (Phi) is 3.55. The highest BCUT2D eigenvalue weighted by Crippen LogP contribution is 2.04. The van der Waals surface area contributed by atoms with E-state index in [2.05, 4.69) is 10.3 Å². The molecular weight excluding hydrogens is 192 g/mol. The molecule has 15 heavy (non-hydrogen) atoms. The van der Waals surface area contributed by atoms with Crippen LogP contribution in [-0.2, 0) is 4.79 Å². The highest BCUT2D eigenvalue weighted by molar-refractivity contribution is 5.98. The zero-order chi connectivity index (χ0) is 11.4. The van der Waals surface area contributed by atoms with Crippen LogP contribution in [-0.4, -0.2) is 22.7 Å². The number of hydrogen-bond donors (Lipinski definition) is 1. The number of amides is 1. The number of rotatable bonds is 3. The molecule has 0 fully saturated rings. The van der Waals surface area contributed by atoms with Crippen molar-refractivity contribution in [3.05, 3.63) is 29.6 Å². The molecule has 0 saturated carbocycles. The number of nitrogens with one attached hydrogen (secondary N) is 1. The predicted molar refractivity (Wildman–Crippen MR) is 56.6 cm³/mol. The minimum atomic E-state index is -0.461. The van der Waals surface area contributed by atoms with Gasteiger partial charge in [0.05, 0.1) is 11.6 Å². The van der Waals surface area contributed by atoms with Crippen molar-refractivity contribution in [3.63, 3.8) is 0 Å². The van der Waals surface area contributed by atoms with Crippen molar-refractivity contribution in [2.75, 3.05) is 0 Å². The molecule has 1 unspecified atom stereocenters. The Morgan fingerprint density at radius 1 is 1.47 bits per heavy atom. The van der Waals surface area contributed by atoms with Crippen molar-refractivity contribution in [2.45, 2.75) is 26.8 Å². The van der Waals surface area contributed by atoms with Gasteiger partial charge >= 0.3 is 0 Å². The fourth-order valence-electron chi connectivity index (χ4n) is 1.08. The van der Waals surface area contributed by atoms with Crippen LogP contribution in [0.4, 0.5) is 0 Å². The van der Waals surface area contributed by atoms with Crippen LogP contribution in [0.15, 0.2) is 18.5 Å². The van der Waals surface area contributed by atoms with Gasteiger partial charge in [0, 0.05) is 12.4 Å². The van der Waals surface area contributed by atoms with Crippen molar-refractivity contribution < 1.29 is 9.59 Å². The van der Waals surface area contributed by atoms with Crippen LogP contribution in [0, 0.1) is 6.92 Å². The molecule has 0 saturated heterocycles. The first kappa shape index (κ1) is 11.4. The first-order valence-corrected chi connectivity index (χ1v) is 4.74. The second-order valence-corrected chi connectivity index (χ2v) is 3.50. The van der Waals surface area contributed by atoms with E-state index in [-0.39, 0.29) is 11.7 Å². The summed E-state index contributed by atoms with van der Waals surface area (Å²) in [6, 6.07) is 1.30. The molecule has 0 aliphatic heterocycles. The Bertz CT molecular complexity index is 388. The number of ketones is 1. The minimum absolute atomic E-state index is 0.0649. The van der Waals surface area contributed by atoms with Crippen LogP contribution in [0.25, 0.3) is 0 Å². The number of nitrogens with zero attached hydrogens (tertiary/aromatic N) is 1. The van der Waals surface area contributed by atoms with Gasteiger partial charge in [-0.05, 0) is 32.4 Å². The summed E-state index contributed by atoms with van der Waals surface area (Å²) >= 11 is 0. The quantitative estimate of drug-likeness (QED) is 0.805. The van der Waals surface area contributed by atoms with E-state index in [1.54, 1.807) is 19.2 Å². The minimum Gasteiger partial charge on any atom is -0.342 e. The van der Waals surface area contributed by atoms with Gasteiger partial charge in [-0.25, -0.2) is 0 Å². The maximum Gasteiger partial charge on any atom is 0.253 e. The molecule has 1 N–H and O–H groups in total. The third-order valence-electron chi connectivity index (χ3n) is 2.24. The Hall–Kier alpha value is -1.71. The summed E-state index contributed by atoms with van der Waals surface area (Å²) in [5, 5.41) is 2.61. The molecule has 0 spiro atoms. The summed E-state index contributed by atoms with van der Waals surface area (Å²) in [4.78, 5) is 26.5. The Morgan fingerprint density at radius 2 is 2.13 bits per heavy atom. The number of pyridine rings is 1. The lowest BCUT2D eigenvalue weighted by Gasteiger charge is -2.11. The molecule has 0 radical (unpaired) electrons. The van der Waals surface area contributed by atoms with E-state index in [0.717, 1.165) is 5.56 Å². The molecule has 1 atom stereocenters. The number of aryl methyl sites for hydroxylation is 1. The first-order chi connectivity index (χ1) is 7.02. The second-order valence-electron chi connectivity index (χ2n) is 3.50. The van der Waals surface area contributed by atoms with E-state index in [1.165, 1.54) is 13.1 Å². The van der Waals surface area contributed by atoms with Gasteiger partial charge in [0.25, 0.3) is 5.91 Å². The molecule has 4 nitrogen and oxygen atoms in total. The Balaban J connectivity index is 2.78. The maximum absolute atomic E-state index is 11.7. The molecule has 1 aromatic rings. The normalized spacial score (nSPS) is 11.9. The molecule has 1 rings (SSSR count). The van der Waals surface area contributed by atoms with Gasteiger partial charge in [0.15, 0.2) is 5.78 Å². The van der Waals surface area contributed by atoms with Crippen LogP contribution in [0.1, 0.15) is 29.8 Å². The van der Waals surface area contributed by atoms with Crippen LogP contribution in [0.5, 0.6) is 0 Å². The summed E-state index contributed by atoms with van der Waals surface area (Å²) in [6.45, 7) is 4.93. The van der Waals surface area contributed by atoms with Crippen LogP contribution >= 0.6 is 0 Å². The van der Waals surface area contributed by atoms with E-state index < -0.39 is 6.04 Å². The number of aromatic nitrogens is 1. The fraction of sp³-hybridized carbons (Fsp3) is 0.364. The molecular formula is C11H14N2O2. The zero-order valence-corrected chi connectivity index (χ0v) is 9.07. The maximum atomic E-state index is 11.7. The van der Waals surface area contributed by atoms with Gasteiger partial charge in [0.1, 0.15) is 0 Å². The van der Waals surface area contributed by atoms with E-state index in [4.69, 9.17) is 0 Å². The smallest absolute Gasteiger partial charge is 0.253 e. The lowest BCUT2D eigenvalue weighted by Crippen LogP contribution is -2.37. The van der Waals surface area contributed by atoms with E-state index in [1.807, 2.05) is 6.92 Å². The highest BCUT2D eigenvalue weighted by atomic mass is 16.2. The molecule has 0 aliphatic carbocycles. The van der Waals surface area contributed by atoms with Crippen LogP contribution in [0.2, 0.25) is 0 Å². The number of carbonyl (C=O) groups is 2. The molecule has 80 valence electrons. The monoisotopic (exact) mass is 206 g/mol. The van der Waals surface area contributed by atoms with Gasteiger partial charge < -0.3 is 5.32 Å². The molecule has 0 aromatic carbocycles. The number of carbonyl (C=O) groups excluding carboxylic acids is 2. The van der Waals surface area contributed by atoms with E-state index >= 15 is 0 Å². The third kappa shape index (κ3) is 2.87. The van der Waals surface area contributed by atoms with Crippen molar-refractivity contribution in [2.24, 2.45) is 0 Å². The average molecular weight is 206 g/mol. The van der Waals surface area contributed by atoms with Crippen molar-refractivity contribution in [3.8, 4) is 0 Å². The molecule has 4 heteroatoms. The topological polar surface area (TPSA) is 59.1 Å².